The van der Waals surface area contributed by atoms with Gasteiger partial charge in [0, 0.05) is 13.0 Å². The van der Waals surface area contributed by atoms with E-state index in [1.807, 2.05) is 6.92 Å². The summed E-state index contributed by atoms with van der Waals surface area (Å²) >= 11 is 0. The van der Waals surface area contributed by atoms with Gasteiger partial charge in [-0.25, -0.2) is 0 Å². The van der Waals surface area contributed by atoms with E-state index in [0.717, 1.165) is 12.8 Å². The molecule has 14 heavy (non-hydrogen) atoms. The lowest BCUT2D eigenvalue weighted by Gasteiger charge is -1.98. The molecule has 0 bridgehead atoms. The molecule has 0 radical (unpaired) electrons. The number of nitrogens with two attached hydrogens (primary N) is 1. The highest BCUT2D eigenvalue weighted by Gasteiger charge is 2.45. The van der Waals surface area contributed by atoms with Gasteiger partial charge >= 0.3 is 0 Å². The second-order valence-electron chi connectivity index (χ2n) is 3.62. The van der Waals surface area contributed by atoms with Crippen molar-refractivity contribution in [2.45, 2.75) is 31.7 Å². The fourth-order valence-corrected chi connectivity index (χ4v) is 1.21. The van der Waals surface area contributed by atoms with Crippen molar-refractivity contribution in [2.75, 3.05) is 13.2 Å². The largest absolute Gasteiger partial charge is 0.381 e. The smallest absolute Gasteiger partial charge is 0.246 e. The van der Waals surface area contributed by atoms with E-state index in [2.05, 4.69) is 10.1 Å². The molecule has 5 heteroatoms. The Bertz CT molecular complexity index is 307. The average molecular weight is 197 g/mol. The number of aromatic nitrogens is 2. The Labute approximate surface area is 82.6 Å². The summed E-state index contributed by atoms with van der Waals surface area (Å²) in [6.07, 6.45) is 2.58. The number of nitrogens with zero attached hydrogens (tertiary/aromatic N) is 2. The molecule has 0 atom stereocenters. The molecular formula is C9H15N3O2. The average Bonchev–Trinajstić information content (AvgIpc) is 2.76. The summed E-state index contributed by atoms with van der Waals surface area (Å²) in [5.74, 6) is 1.26. The molecule has 0 aliphatic heterocycles. The standard InChI is InChI=1S/C9H15N3O2/c1-2-13-6-3-7-11-8(14-12-7)9(10)4-5-9/h2-6,10H2,1H3. The van der Waals surface area contributed by atoms with Crippen molar-refractivity contribution in [3.63, 3.8) is 0 Å². The predicted octanol–water partition coefficient (Wildman–Crippen LogP) is 0.596. The zero-order valence-electron chi connectivity index (χ0n) is 8.32. The Hall–Kier alpha value is -0.940. The quantitative estimate of drug-likeness (QED) is 0.699. The highest BCUT2D eigenvalue weighted by molar-refractivity contribution is 5.11. The Morgan fingerprint density at radius 3 is 3.00 bits per heavy atom. The van der Waals surface area contributed by atoms with Crippen LogP contribution in [0, 0.1) is 0 Å². The Morgan fingerprint density at radius 2 is 2.36 bits per heavy atom. The van der Waals surface area contributed by atoms with Gasteiger partial charge in [-0.3, -0.25) is 0 Å². The van der Waals surface area contributed by atoms with Crippen molar-refractivity contribution in [2.24, 2.45) is 5.73 Å². The van der Waals surface area contributed by atoms with E-state index in [-0.39, 0.29) is 5.54 Å². The highest BCUT2D eigenvalue weighted by Crippen LogP contribution is 2.41. The molecule has 1 aliphatic carbocycles. The molecule has 78 valence electrons. The van der Waals surface area contributed by atoms with E-state index < -0.39 is 0 Å². The van der Waals surface area contributed by atoms with Gasteiger partial charge in [-0.05, 0) is 19.8 Å². The number of hydrogen-bond donors (Lipinski definition) is 1. The molecule has 0 amide bonds. The maximum Gasteiger partial charge on any atom is 0.246 e. The van der Waals surface area contributed by atoms with Crippen molar-refractivity contribution in [3.05, 3.63) is 11.7 Å². The molecule has 1 aromatic heterocycles. The van der Waals surface area contributed by atoms with Crippen molar-refractivity contribution in [3.8, 4) is 0 Å². The fraction of sp³-hybridized carbons (Fsp3) is 0.778. The lowest BCUT2D eigenvalue weighted by molar-refractivity contribution is 0.149. The van der Waals surface area contributed by atoms with Crippen LogP contribution in [0.3, 0.4) is 0 Å². The van der Waals surface area contributed by atoms with Gasteiger partial charge in [-0.1, -0.05) is 5.16 Å². The minimum absolute atomic E-state index is 0.323. The third-order valence-electron chi connectivity index (χ3n) is 2.36. The molecule has 1 heterocycles. The molecule has 1 aromatic rings. The zero-order valence-corrected chi connectivity index (χ0v) is 8.32. The molecule has 0 spiro atoms. The summed E-state index contributed by atoms with van der Waals surface area (Å²) in [5.41, 5.74) is 5.59. The van der Waals surface area contributed by atoms with Gasteiger partial charge < -0.3 is 15.0 Å². The molecule has 2 N–H and O–H groups in total. The Balaban J connectivity index is 1.90. The second kappa shape index (κ2) is 3.67. The monoisotopic (exact) mass is 197 g/mol. The van der Waals surface area contributed by atoms with Crippen LogP contribution < -0.4 is 5.73 Å². The predicted molar refractivity (Wildman–Crippen MR) is 49.6 cm³/mol. The molecule has 1 aliphatic rings. The van der Waals surface area contributed by atoms with Crippen molar-refractivity contribution in [1.29, 1.82) is 0 Å². The Morgan fingerprint density at radius 1 is 1.57 bits per heavy atom. The third-order valence-corrected chi connectivity index (χ3v) is 2.36. The first kappa shape index (κ1) is 9.61. The van der Waals surface area contributed by atoms with Crippen LogP contribution in [0.1, 0.15) is 31.5 Å². The summed E-state index contributed by atoms with van der Waals surface area (Å²) in [7, 11) is 0. The minimum atomic E-state index is -0.323. The van der Waals surface area contributed by atoms with Crippen LogP contribution in [-0.4, -0.2) is 23.4 Å². The number of hydrogen-bond acceptors (Lipinski definition) is 5. The summed E-state index contributed by atoms with van der Waals surface area (Å²) < 4.78 is 10.3. The van der Waals surface area contributed by atoms with Gasteiger partial charge in [0.15, 0.2) is 5.82 Å². The van der Waals surface area contributed by atoms with E-state index >= 15 is 0 Å². The molecule has 5 nitrogen and oxygen atoms in total. The van der Waals surface area contributed by atoms with Crippen molar-refractivity contribution in [1.82, 2.24) is 10.1 Å². The van der Waals surface area contributed by atoms with Gasteiger partial charge in [0.1, 0.15) is 0 Å². The van der Waals surface area contributed by atoms with Gasteiger partial charge in [0.25, 0.3) is 0 Å². The van der Waals surface area contributed by atoms with Crippen LogP contribution in [0.15, 0.2) is 4.52 Å². The van der Waals surface area contributed by atoms with E-state index in [1.165, 1.54) is 0 Å². The van der Waals surface area contributed by atoms with E-state index in [4.69, 9.17) is 15.0 Å². The van der Waals surface area contributed by atoms with Crippen LogP contribution >= 0.6 is 0 Å². The first-order valence-corrected chi connectivity index (χ1v) is 4.94. The second-order valence-corrected chi connectivity index (χ2v) is 3.62. The Kier molecular flexibility index (Phi) is 2.52. The van der Waals surface area contributed by atoms with Gasteiger partial charge in [-0.2, -0.15) is 4.98 Å². The summed E-state index contributed by atoms with van der Waals surface area (Å²) in [6, 6.07) is 0. The molecule has 2 rings (SSSR count). The number of rotatable bonds is 5. The normalized spacial score (nSPS) is 18.4. The molecule has 0 aromatic carbocycles. The molecule has 1 fully saturated rings. The molecule has 0 saturated heterocycles. The summed E-state index contributed by atoms with van der Waals surface area (Å²) in [5, 5.41) is 3.85. The SMILES string of the molecule is CCOCCc1noc(C2(N)CC2)n1. The first-order valence-electron chi connectivity index (χ1n) is 4.94. The van der Waals surface area contributed by atoms with Crippen molar-refractivity contribution >= 4 is 0 Å². The van der Waals surface area contributed by atoms with Gasteiger partial charge in [0.05, 0.1) is 12.1 Å². The van der Waals surface area contributed by atoms with Crippen LogP contribution in [0.2, 0.25) is 0 Å². The minimum Gasteiger partial charge on any atom is -0.381 e. The van der Waals surface area contributed by atoms with Crippen LogP contribution in [0.5, 0.6) is 0 Å². The first-order chi connectivity index (χ1) is 6.74. The highest BCUT2D eigenvalue weighted by atomic mass is 16.5. The van der Waals surface area contributed by atoms with Crippen LogP contribution in [0.25, 0.3) is 0 Å². The van der Waals surface area contributed by atoms with E-state index in [0.29, 0.717) is 31.3 Å². The fourth-order valence-electron chi connectivity index (χ4n) is 1.21. The molecular weight excluding hydrogens is 182 g/mol. The third kappa shape index (κ3) is 1.93. The topological polar surface area (TPSA) is 74.2 Å². The molecule has 0 unspecified atom stereocenters. The number of ether oxygens (including phenoxy) is 1. The zero-order chi connectivity index (χ0) is 10.0. The van der Waals surface area contributed by atoms with Crippen molar-refractivity contribution < 1.29 is 9.26 Å². The molecule has 1 saturated carbocycles. The maximum atomic E-state index is 5.91. The van der Waals surface area contributed by atoms with E-state index in [1.54, 1.807) is 0 Å². The lowest BCUT2D eigenvalue weighted by atomic mass is 10.3. The maximum absolute atomic E-state index is 5.91. The lowest BCUT2D eigenvalue weighted by Crippen LogP contribution is -2.19. The van der Waals surface area contributed by atoms with Crippen LogP contribution in [0.4, 0.5) is 0 Å². The van der Waals surface area contributed by atoms with Gasteiger partial charge in [0.2, 0.25) is 5.89 Å². The van der Waals surface area contributed by atoms with Gasteiger partial charge in [-0.15, -0.1) is 0 Å². The van der Waals surface area contributed by atoms with Crippen LogP contribution in [-0.2, 0) is 16.7 Å². The summed E-state index contributed by atoms with van der Waals surface area (Å²) in [4.78, 5) is 4.23. The van der Waals surface area contributed by atoms with E-state index in [9.17, 15) is 0 Å². The summed E-state index contributed by atoms with van der Waals surface area (Å²) in [6.45, 7) is 3.30.